The number of guanidine groups is 1. The number of benzene rings is 2. The van der Waals surface area contributed by atoms with E-state index >= 15 is 0 Å². The Hall–Kier alpha value is -2.53. The van der Waals surface area contributed by atoms with Gasteiger partial charge in [-0.2, -0.15) is 0 Å². The van der Waals surface area contributed by atoms with Gasteiger partial charge in [0.25, 0.3) is 0 Å². The molecule has 1 aliphatic heterocycles. The predicted molar refractivity (Wildman–Crippen MR) is 112 cm³/mol. The lowest BCUT2D eigenvalue weighted by Crippen LogP contribution is -2.38. The molecule has 1 aliphatic rings. The normalized spacial score (nSPS) is 16.1. The second-order valence-electron chi connectivity index (χ2n) is 6.74. The molecule has 3 rings (SSSR count). The van der Waals surface area contributed by atoms with Gasteiger partial charge in [-0.05, 0) is 37.1 Å². The van der Waals surface area contributed by atoms with Gasteiger partial charge in [-0.1, -0.05) is 42.5 Å². The Morgan fingerprint density at radius 2 is 1.78 bits per heavy atom. The first-order valence-electron chi connectivity index (χ1n) is 9.77. The second-order valence-corrected chi connectivity index (χ2v) is 6.74. The zero-order valence-corrected chi connectivity index (χ0v) is 16.3. The average Bonchev–Trinajstić information content (AvgIpc) is 2.74. The van der Waals surface area contributed by atoms with Crippen molar-refractivity contribution in [3.8, 4) is 0 Å². The smallest absolute Gasteiger partial charge is 0.192 e. The number of hydrogen-bond donors (Lipinski definition) is 2. The summed E-state index contributed by atoms with van der Waals surface area (Å²) in [5, 5.41) is 6.82. The molecule has 27 heavy (non-hydrogen) atoms. The van der Waals surface area contributed by atoms with Crippen molar-refractivity contribution in [3.63, 3.8) is 0 Å². The minimum Gasteiger partial charge on any atom is -0.378 e. The molecule has 144 valence electrons. The molecule has 0 radical (unpaired) electrons. The Labute approximate surface area is 162 Å². The van der Waals surface area contributed by atoms with Gasteiger partial charge in [-0.3, -0.25) is 0 Å². The van der Waals surface area contributed by atoms with Gasteiger partial charge >= 0.3 is 0 Å². The van der Waals surface area contributed by atoms with Gasteiger partial charge in [0.1, 0.15) is 0 Å². The van der Waals surface area contributed by atoms with E-state index in [1.807, 2.05) is 6.07 Å². The van der Waals surface area contributed by atoms with Crippen molar-refractivity contribution in [2.24, 2.45) is 4.99 Å². The van der Waals surface area contributed by atoms with Crippen LogP contribution in [-0.4, -0.2) is 38.8 Å². The molecule has 1 unspecified atom stereocenters. The third-order valence-electron chi connectivity index (χ3n) is 4.73. The summed E-state index contributed by atoms with van der Waals surface area (Å²) in [7, 11) is 0. The largest absolute Gasteiger partial charge is 0.378 e. The highest BCUT2D eigenvalue weighted by Gasteiger charge is 2.11. The van der Waals surface area contributed by atoms with Crippen molar-refractivity contribution in [2.75, 3.05) is 37.7 Å². The van der Waals surface area contributed by atoms with Crippen molar-refractivity contribution in [1.82, 2.24) is 10.6 Å². The van der Waals surface area contributed by atoms with Crippen LogP contribution in [0, 0.1) is 0 Å². The van der Waals surface area contributed by atoms with E-state index in [-0.39, 0.29) is 6.04 Å². The van der Waals surface area contributed by atoms with E-state index in [9.17, 15) is 0 Å². The lowest BCUT2D eigenvalue weighted by molar-refractivity contribution is 0.122. The highest BCUT2D eigenvalue weighted by Crippen LogP contribution is 2.17. The molecule has 0 saturated carbocycles. The van der Waals surface area contributed by atoms with Crippen molar-refractivity contribution >= 4 is 11.6 Å². The standard InChI is InChI=1S/C22H30N4O/c1-3-23-22(25-18(2)20-7-5-4-6-8-20)24-17-19-9-11-21(12-10-19)26-13-15-27-16-14-26/h4-12,18H,3,13-17H2,1-2H3,(H2,23,24,25). The van der Waals surface area contributed by atoms with Crippen molar-refractivity contribution in [3.05, 3.63) is 65.7 Å². The first-order chi connectivity index (χ1) is 13.3. The van der Waals surface area contributed by atoms with E-state index < -0.39 is 0 Å². The van der Waals surface area contributed by atoms with Gasteiger partial charge in [0.15, 0.2) is 5.96 Å². The number of nitrogens with one attached hydrogen (secondary N) is 2. The van der Waals surface area contributed by atoms with Crippen LogP contribution < -0.4 is 15.5 Å². The monoisotopic (exact) mass is 366 g/mol. The lowest BCUT2D eigenvalue weighted by atomic mass is 10.1. The van der Waals surface area contributed by atoms with Crippen LogP contribution in [0.15, 0.2) is 59.6 Å². The van der Waals surface area contributed by atoms with E-state index in [1.54, 1.807) is 0 Å². The summed E-state index contributed by atoms with van der Waals surface area (Å²) in [6.45, 7) is 9.27. The van der Waals surface area contributed by atoms with Crippen molar-refractivity contribution in [1.29, 1.82) is 0 Å². The number of ether oxygens (including phenoxy) is 1. The minimum atomic E-state index is 0.202. The number of rotatable bonds is 6. The number of aliphatic imine (C=N–C) groups is 1. The van der Waals surface area contributed by atoms with Gasteiger partial charge in [-0.25, -0.2) is 4.99 Å². The van der Waals surface area contributed by atoms with Crippen LogP contribution in [0.4, 0.5) is 5.69 Å². The summed E-state index contributed by atoms with van der Waals surface area (Å²) in [5.74, 6) is 0.839. The highest BCUT2D eigenvalue weighted by atomic mass is 16.5. The lowest BCUT2D eigenvalue weighted by Gasteiger charge is -2.28. The molecule has 5 nitrogen and oxygen atoms in total. The number of morpholine rings is 1. The van der Waals surface area contributed by atoms with Crippen LogP contribution in [0.25, 0.3) is 0 Å². The van der Waals surface area contributed by atoms with E-state index in [4.69, 9.17) is 9.73 Å². The molecule has 1 fully saturated rings. The minimum absolute atomic E-state index is 0.202. The van der Waals surface area contributed by atoms with Crippen LogP contribution in [0.3, 0.4) is 0 Å². The molecule has 2 N–H and O–H groups in total. The molecule has 5 heteroatoms. The van der Waals surface area contributed by atoms with Gasteiger partial charge < -0.3 is 20.3 Å². The van der Waals surface area contributed by atoms with Crippen LogP contribution in [-0.2, 0) is 11.3 Å². The van der Waals surface area contributed by atoms with Crippen LogP contribution in [0.5, 0.6) is 0 Å². The summed E-state index contributed by atoms with van der Waals surface area (Å²) in [5.41, 5.74) is 3.71. The van der Waals surface area contributed by atoms with E-state index in [2.05, 4.69) is 77.9 Å². The molecule has 2 aromatic rings. The molecule has 0 bridgehead atoms. The Bertz CT molecular complexity index is 709. The molecular weight excluding hydrogens is 336 g/mol. The maximum atomic E-state index is 5.42. The molecule has 1 atom stereocenters. The second kappa shape index (κ2) is 9.97. The highest BCUT2D eigenvalue weighted by molar-refractivity contribution is 5.80. The fourth-order valence-electron chi connectivity index (χ4n) is 3.15. The Morgan fingerprint density at radius 1 is 1.07 bits per heavy atom. The summed E-state index contributed by atoms with van der Waals surface area (Å²) < 4.78 is 5.42. The summed E-state index contributed by atoms with van der Waals surface area (Å²) in [4.78, 5) is 7.12. The predicted octanol–water partition coefficient (Wildman–Crippen LogP) is 3.34. The van der Waals surface area contributed by atoms with Crippen LogP contribution in [0.1, 0.15) is 31.0 Å². The zero-order valence-electron chi connectivity index (χ0n) is 16.3. The molecule has 1 saturated heterocycles. The van der Waals surface area contributed by atoms with Crippen molar-refractivity contribution < 1.29 is 4.74 Å². The summed E-state index contributed by atoms with van der Waals surface area (Å²) >= 11 is 0. The molecule has 2 aromatic carbocycles. The average molecular weight is 367 g/mol. The van der Waals surface area contributed by atoms with Crippen LogP contribution >= 0.6 is 0 Å². The Kier molecular flexibility index (Phi) is 7.11. The van der Waals surface area contributed by atoms with Crippen LogP contribution in [0.2, 0.25) is 0 Å². The number of anilines is 1. The number of hydrogen-bond acceptors (Lipinski definition) is 3. The summed E-state index contributed by atoms with van der Waals surface area (Å²) in [6, 6.07) is 19.3. The fraction of sp³-hybridized carbons (Fsp3) is 0.409. The SMILES string of the molecule is CCNC(=NCc1ccc(N2CCOCC2)cc1)NC(C)c1ccccc1. The Morgan fingerprint density at radius 3 is 2.44 bits per heavy atom. The quantitative estimate of drug-likeness (QED) is 0.608. The third-order valence-corrected chi connectivity index (χ3v) is 4.73. The molecule has 0 amide bonds. The first kappa shape index (κ1) is 19.2. The Balaban J connectivity index is 1.60. The third kappa shape index (κ3) is 5.73. The maximum absolute atomic E-state index is 5.42. The van der Waals surface area contributed by atoms with E-state index in [0.29, 0.717) is 6.54 Å². The van der Waals surface area contributed by atoms with Gasteiger partial charge in [0, 0.05) is 25.3 Å². The first-order valence-corrected chi connectivity index (χ1v) is 9.77. The van der Waals surface area contributed by atoms with Crippen molar-refractivity contribution in [2.45, 2.75) is 26.4 Å². The molecule has 0 aliphatic carbocycles. The summed E-state index contributed by atoms with van der Waals surface area (Å²) in [6.07, 6.45) is 0. The number of nitrogens with zero attached hydrogens (tertiary/aromatic N) is 2. The zero-order chi connectivity index (χ0) is 18.9. The van der Waals surface area contributed by atoms with Gasteiger partial charge in [0.05, 0.1) is 25.8 Å². The van der Waals surface area contributed by atoms with E-state index in [0.717, 1.165) is 38.8 Å². The van der Waals surface area contributed by atoms with Gasteiger partial charge in [-0.15, -0.1) is 0 Å². The topological polar surface area (TPSA) is 48.9 Å². The van der Waals surface area contributed by atoms with Gasteiger partial charge in [0.2, 0.25) is 0 Å². The molecule has 0 spiro atoms. The maximum Gasteiger partial charge on any atom is 0.192 e. The molecular formula is C22H30N4O. The fourth-order valence-corrected chi connectivity index (χ4v) is 3.15. The molecule has 1 heterocycles. The van der Waals surface area contributed by atoms with E-state index in [1.165, 1.54) is 16.8 Å². The molecule has 0 aromatic heterocycles.